The van der Waals surface area contributed by atoms with Crippen molar-refractivity contribution in [3.05, 3.63) is 47.4 Å². The Kier molecular flexibility index (Phi) is 5.57. The zero-order valence-electron chi connectivity index (χ0n) is 12.4. The van der Waals surface area contributed by atoms with E-state index in [1.165, 1.54) is 23.6 Å². The van der Waals surface area contributed by atoms with Gasteiger partial charge in [-0.3, -0.25) is 9.69 Å². The number of rotatable bonds is 6. The van der Waals surface area contributed by atoms with Gasteiger partial charge in [-0.1, -0.05) is 42.2 Å². The van der Waals surface area contributed by atoms with E-state index in [2.05, 4.69) is 6.58 Å². The predicted octanol–water partition coefficient (Wildman–Crippen LogP) is 2.93. The Balaban J connectivity index is 2.20. The molecule has 1 heterocycles. The lowest BCUT2D eigenvalue weighted by atomic mass is 10.2. The van der Waals surface area contributed by atoms with Gasteiger partial charge in [-0.2, -0.15) is 0 Å². The van der Waals surface area contributed by atoms with E-state index in [9.17, 15) is 9.59 Å². The zero-order chi connectivity index (χ0) is 17.0. The molecule has 0 unspecified atom stereocenters. The van der Waals surface area contributed by atoms with E-state index in [1.807, 2.05) is 0 Å². The maximum Gasteiger partial charge on any atom is 0.344 e. The second-order valence-electron chi connectivity index (χ2n) is 4.75. The molecule has 0 aliphatic carbocycles. The van der Waals surface area contributed by atoms with Crippen molar-refractivity contribution in [2.75, 3.05) is 6.54 Å². The van der Waals surface area contributed by atoms with Crippen LogP contribution >= 0.6 is 24.0 Å². The summed E-state index contributed by atoms with van der Waals surface area (Å²) >= 11 is 6.40. The van der Waals surface area contributed by atoms with Gasteiger partial charge in [-0.05, 0) is 30.7 Å². The fourth-order valence-electron chi connectivity index (χ4n) is 1.87. The number of benzene rings is 1. The van der Waals surface area contributed by atoms with Crippen molar-refractivity contribution in [1.82, 2.24) is 4.90 Å². The lowest BCUT2D eigenvalue weighted by molar-refractivity contribution is -0.144. The van der Waals surface area contributed by atoms with Gasteiger partial charge in [0.05, 0.1) is 4.91 Å². The highest BCUT2D eigenvalue weighted by Gasteiger charge is 2.30. The van der Waals surface area contributed by atoms with Gasteiger partial charge < -0.3 is 9.84 Å². The van der Waals surface area contributed by atoms with E-state index in [1.54, 1.807) is 36.4 Å². The van der Waals surface area contributed by atoms with Crippen LogP contribution in [0.15, 0.2) is 41.8 Å². The minimum absolute atomic E-state index is 0.162. The SMILES string of the molecule is C=CCN1C(=O)/C(=C\c2cccc(O[C@H](C)C(=O)O)c2)SC1=S. The smallest absolute Gasteiger partial charge is 0.344 e. The number of carbonyl (C=O) groups is 2. The largest absolute Gasteiger partial charge is 0.479 e. The van der Waals surface area contributed by atoms with Crippen LogP contribution in [-0.4, -0.2) is 38.9 Å². The number of hydrogen-bond donors (Lipinski definition) is 1. The topological polar surface area (TPSA) is 66.8 Å². The Labute approximate surface area is 143 Å². The molecule has 0 saturated carbocycles. The molecule has 1 aliphatic rings. The van der Waals surface area contributed by atoms with Gasteiger partial charge in [-0.25, -0.2) is 4.79 Å². The quantitative estimate of drug-likeness (QED) is 0.484. The Morgan fingerprint density at radius 1 is 1.57 bits per heavy atom. The van der Waals surface area contributed by atoms with Crippen LogP contribution in [0.1, 0.15) is 12.5 Å². The van der Waals surface area contributed by atoms with Crippen molar-refractivity contribution in [3.63, 3.8) is 0 Å². The summed E-state index contributed by atoms with van der Waals surface area (Å²) in [6.07, 6.45) is 2.38. The molecule has 23 heavy (non-hydrogen) atoms. The molecule has 1 amide bonds. The molecule has 1 fully saturated rings. The van der Waals surface area contributed by atoms with Crippen LogP contribution < -0.4 is 4.74 Å². The summed E-state index contributed by atoms with van der Waals surface area (Å²) < 4.78 is 5.81. The summed E-state index contributed by atoms with van der Waals surface area (Å²) in [4.78, 5) is 25.1. The Morgan fingerprint density at radius 2 is 2.30 bits per heavy atom. The molecule has 1 saturated heterocycles. The molecule has 0 spiro atoms. The number of carbonyl (C=O) groups excluding carboxylic acids is 1. The highest BCUT2D eigenvalue weighted by atomic mass is 32.2. The van der Waals surface area contributed by atoms with Gasteiger partial charge in [0.1, 0.15) is 10.1 Å². The van der Waals surface area contributed by atoms with E-state index in [-0.39, 0.29) is 5.91 Å². The number of aliphatic carboxylic acids is 1. The average Bonchev–Trinajstić information content (AvgIpc) is 2.75. The van der Waals surface area contributed by atoms with E-state index < -0.39 is 12.1 Å². The van der Waals surface area contributed by atoms with E-state index in [0.29, 0.717) is 21.5 Å². The molecule has 2 rings (SSSR count). The van der Waals surface area contributed by atoms with Crippen LogP contribution in [0.3, 0.4) is 0 Å². The highest BCUT2D eigenvalue weighted by molar-refractivity contribution is 8.26. The van der Waals surface area contributed by atoms with Crippen molar-refractivity contribution in [2.45, 2.75) is 13.0 Å². The molecule has 7 heteroatoms. The molecule has 0 radical (unpaired) electrons. The molecule has 1 atom stereocenters. The van der Waals surface area contributed by atoms with Crippen LogP contribution in [-0.2, 0) is 9.59 Å². The fourth-order valence-corrected chi connectivity index (χ4v) is 3.15. The molecular formula is C16H15NO4S2. The number of thioether (sulfide) groups is 1. The first-order valence-corrected chi connectivity index (χ1v) is 8.00. The fraction of sp³-hybridized carbons (Fsp3) is 0.188. The third-order valence-corrected chi connectivity index (χ3v) is 4.38. The molecular weight excluding hydrogens is 334 g/mol. The first kappa shape index (κ1) is 17.2. The standard InChI is InChI=1S/C16H15NO4S2/c1-3-7-17-14(18)13(23-16(17)22)9-11-5-4-6-12(8-11)21-10(2)15(19)20/h3-6,8-10H,1,7H2,2H3,(H,19,20)/b13-9+/t10-/m1/s1. The van der Waals surface area contributed by atoms with Crippen molar-refractivity contribution < 1.29 is 19.4 Å². The van der Waals surface area contributed by atoms with Crippen LogP contribution in [0.5, 0.6) is 5.75 Å². The number of amides is 1. The maximum atomic E-state index is 12.3. The number of nitrogens with zero attached hydrogens (tertiary/aromatic N) is 1. The highest BCUT2D eigenvalue weighted by Crippen LogP contribution is 2.32. The van der Waals surface area contributed by atoms with Crippen LogP contribution in [0.25, 0.3) is 6.08 Å². The van der Waals surface area contributed by atoms with Gasteiger partial charge in [0.15, 0.2) is 6.10 Å². The lowest BCUT2D eigenvalue weighted by Gasteiger charge is -2.11. The normalized spacial score (nSPS) is 17.4. The van der Waals surface area contributed by atoms with Crippen LogP contribution in [0, 0.1) is 0 Å². The summed E-state index contributed by atoms with van der Waals surface area (Å²) in [5, 5.41) is 8.87. The van der Waals surface area contributed by atoms with Crippen molar-refractivity contribution in [1.29, 1.82) is 0 Å². The third kappa shape index (κ3) is 4.20. The summed E-state index contributed by atoms with van der Waals surface area (Å²) in [6.45, 7) is 5.44. The number of carboxylic acid groups (broad SMARTS) is 1. The van der Waals surface area contributed by atoms with Crippen LogP contribution in [0.2, 0.25) is 0 Å². The van der Waals surface area contributed by atoms with Gasteiger partial charge >= 0.3 is 5.97 Å². The first-order chi connectivity index (χ1) is 10.9. The summed E-state index contributed by atoms with van der Waals surface area (Å²) in [5.41, 5.74) is 0.735. The number of carboxylic acids is 1. The van der Waals surface area contributed by atoms with E-state index >= 15 is 0 Å². The number of thiocarbonyl (C=S) groups is 1. The van der Waals surface area contributed by atoms with Crippen molar-refractivity contribution in [3.8, 4) is 5.75 Å². The molecule has 0 bridgehead atoms. The minimum Gasteiger partial charge on any atom is -0.479 e. The Hall–Kier alpha value is -2.12. The van der Waals surface area contributed by atoms with Gasteiger partial charge in [0, 0.05) is 6.54 Å². The average molecular weight is 349 g/mol. The zero-order valence-corrected chi connectivity index (χ0v) is 14.0. The Morgan fingerprint density at radius 3 is 2.96 bits per heavy atom. The monoisotopic (exact) mass is 349 g/mol. The second kappa shape index (κ2) is 7.43. The molecule has 1 aromatic rings. The summed E-state index contributed by atoms with van der Waals surface area (Å²) in [5.74, 6) is -0.777. The number of hydrogen-bond acceptors (Lipinski definition) is 5. The lowest BCUT2D eigenvalue weighted by Crippen LogP contribution is -2.27. The Bertz CT molecular complexity index is 699. The van der Waals surface area contributed by atoms with Crippen molar-refractivity contribution >= 4 is 46.3 Å². The molecule has 120 valence electrons. The molecule has 5 nitrogen and oxygen atoms in total. The van der Waals surface area contributed by atoms with Gasteiger partial charge in [0.25, 0.3) is 5.91 Å². The molecule has 1 aromatic carbocycles. The number of ether oxygens (including phenoxy) is 1. The second-order valence-corrected chi connectivity index (χ2v) is 6.43. The van der Waals surface area contributed by atoms with Crippen molar-refractivity contribution in [2.24, 2.45) is 0 Å². The first-order valence-electron chi connectivity index (χ1n) is 6.78. The van der Waals surface area contributed by atoms with Gasteiger partial charge in [0.2, 0.25) is 0 Å². The third-order valence-electron chi connectivity index (χ3n) is 3.00. The predicted molar refractivity (Wildman–Crippen MR) is 94.2 cm³/mol. The molecule has 1 N–H and O–H groups in total. The minimum atomic E-state index is -1.04. The van der Waals surface area contributed by atoms with E-state index in [4.69, 9.17) is 22.1 Å². The molecule has 1 aliphatic heterocycles. The molecule has 0 aromatic heterocycles. The summed E-state index contributed by atoms with van der Waals surface area (Å²) in [6, 6.07) is 6.89. The maximum absolute atomic E-state index is 12.3. The van der Waals surface area contributed by atoms with E-state index in [0.717, 1.165) is 5.56 Å². The summed E-state index contributed by atoms with van der Waals surface area (Å²) in [7, 11) is 0. The van der Waals surface area contributed by atoms with Gasteiger partial charge in [-0.15, -0.1) is 6.58 Å². The van der Waals surface area contributed by atoms with Crippen LogP contribution in [0.4, 0.5) is 0 Å².